The fourth-order valence-corrected chi connectivity index (χ4v) is 1.82. The Bertz CT molecular complexity index is 763. The molecule has 0 spiro atoms. The van der Waals surface area contributed by atoms with E-state index in [-0.39, 0.29) is 17.0 Å². The largest absolute Gasteiger partial charge is 0.354 e. The fourth-order valence-electron chi connectivity index (χ4n) is 1.82. The van der Waals surface area contributed by atoms with Gasteiger partial charge < -0.3 is 5.32 Å². The third kappa shape index (κ3) is 3.22. The van der Waals surface area contributed by atoms with Crippen LogP contribution in [0.4, 0.5) is 17.1 Å². The van der Waals surface area contributed by atoms with E-state index in [4.69, 9.17) is 5.26 Å². The molecule has 1 N–H and O–H groups in total. The van der Waals surface area contributed by atoms with E-state index in [0.717, 1.165) is 0 Å². The van der Waals surface area contributed by atoms with Crippen molar-refractivity contribution in [1.29, 1.82) is 5.26 Å². The van der Waals surface area contributed by atoms with Gasteiger partial charge in [0.15, 0.2) is 5.78 Å². The normalized spacial score (nSPS) is 9.71. The third-order valence-corrected chi connectivity index (χ3v) is 2.88. The van der Waals surface area contributed by atoms with Crippen LogP contribution >= 0.6 is 0 Å². The first-order valence-corrected chi connectivity index (χ1v) is 6.08. The Kier molecular flexibility index (Phi) is 3.95. The van der Waals surface area contributed by atoms with E-state index in [1.807, 2.05) is 6.07 Å². The van der Waals surface area contributed by atoms with Crippen LogP contribution in [0, 0.1) is 21.4 Å². The molecule has 21 heavy (non-hydrogen) atoms. The average Bonchev–Trinajstić information content (AvgIpc) is 2.47. The molecule has 0 amide bonds. The Labute approximate surface area is 120 Å². The molecule has 0 aliphatic rings. The first-order chi connectivity index (χ1) is 10.0. The van der Waals surface area contributed by atoms with Gasteiger partial charge in [0, 0.05) is 23.4 Å². The summed E-state index contributed by atoms with van der Waals surface area (Å²) < 4.78 is 0. The zero-order valence-electron chi connectivity index (χ0n) is 11.2. The van der Waals surface area contributed by atoms with Gasteiger partial charge in [-0.05, 0) is 25.1 Å². The molecular formula is C15H11N3O3. The predicted octanol–water partition coefficient (Wildman–Crippen LogP) is 3.41. The maximum atomic E-state index is 11.3. The number of nitro benzene ring substituents is 1. The van der Waals surface area contributed by atoms with Gasteiger partial charge in [-0.2, -0.15) is 5.26 Å². The Hall–Kier alpha value is -3.20. The molecule has 0 unspecified atom stereocenters. The predicted molar refractivity (Wildman–Crippen MR) is 77.5 cm³/mol. The SMILES string of the molecule is CC(=O)c1cccc(Nc2ccc([N+](=O)[O-])cc2C#N)c1. The molecule has 0 aromatic heterocycles. The number of hydrogen-bond acceptors (Lipinski definition) is 5. The fraction of sp³-hybridized carbons (Fsp3) is 0.0667. The highest BCUT2D eigenvalue weighted by Crippen LogP contribution is 2.25. The third-order valence-electron chi connectivity index (χ3n) is 2.88. The van der Waals surface area contributed by atoms with Gasteiger partial charge in [-0.15, -0.1) is 0 Å². The smallest absolute Gasteiger partial charge is 0.270 e. The summed E-state index contributed by atoms with van der Waals surface area (Å²) in [7, 11) is 0. The molecular weight excluding hydrogens is 270 g/mol. The van der Waals surface area contributed by atoms with Crippen LogP contribution in [-0.4, -0.2) is 10.7 Å². The lowest BCUT2D eigenvalue weighted by molar-refractivity contribution is -0.384. The standard InChI is InChI=1S/C15H11N3O3/c1-10(19)11-3-2-4-13(7-11)17-15-6-5-14(18(20)21)8-12(15)9-16/h2-8,17H,1H3. The molecule has 6 nitrogen and oxygen atoms in total. The molecule has 0 heterocycles. The number of ketones is 1. The van der Waals surface area contributed by atoms with Crippen molar-refractivity contribution in [3.63, 3.8) is 0 Å². The van der Waals surface area contributed by atoms with Crippen molar-refractivity contribution in [3.8, 4) is 6.07 Å². The van der Waals surface area contributed by atoms with Crippen LogP contribution in [0.15, 0.2) is 42.5 Å². The summed E-state index contributed by atoms with van der Waals surface area (Å²) in [5, 5.41) is 22.8. The minimum absolute atomic E-state index is 0.0668. The number of nitro groups is 1. The maximum Gasteiger partial charge on any atom is 0.270 e. The lowest BCUT2D eigenvalue weighted by Crippen LogP contribution is -1.98. The molecule has 0 fully saturated rings. The van der Waals surface area contributed by atoms with Crippen molar-refractivity contribution < 1.29 is 9.72 Å². The maximum absolute atomic E-state index is 11.3. The second kappa shape index (κ2) is 5.84. The number of hydrogen-bond donors (Lipinski definition) is 1. The van der Waals surface area contributed by atoms with Crippen LogP contribution in [0.5, 0.6) is 0 Å². The summed E-state index contributed by atoms with van der Waals surface area (Å²) in [6.07, 6.45) is 0. The summed E-state index contributed by atoms with van der Waals surface area (Å²) in [6.45, 7) is 1.46. The van der Waals surface area contributed by atoms with Crippen LogP contribution in [0.3, 0.4) is 0 Å². The van der Waals surface area contributed by atoms with E-state index in [1.165, 1.54) is 25.1 Å². The van der Waals surface area contributed by atoms with Crippen LogP contribution in [0.1, 0.15) is 22.8 Å². The summed E-state index contributed by atoms with van der Waals surface area (Å²) in [4.78, 5) is 21.5. The molecule has 0 saturated heterocycles. The van der Waals surface area contributed by atoms with Gasteiger partial charge in [-0.25, -0.2) is 0 Å². The van der Waals surface area contributed by atoms with Gasteiger partial charge in [0.1, 0.15) is 6.07 Å². The second-order valence-corrected chi connectivity index (χ2v) is 4.36. The van der Waals surface area contributed by atoms with Crippen molar-refractivity contribution in [2.45, 2.75) is 6.92 Å². The molecule has 0 saturated carbocycles. The minimum Gasteiger partial charge on any atom is -0.354 e. The van der Waals surface area contributed by atoms with E-state index < -0.39 is 4.92 Å². The zero-order valence-corrected chi connectivity index (χ0v) is 11.2. The first-order valence-electron chi connectivity index (χ1n) is 6.08. The van der Waals surface area contributed by atoms with Gasteiger partial charge in [0.05, 0.1) is 16.2 Å². The molecule has 0 aliphatic carbocycles. The highest BCUT2D eigenvalue weighted by molar-refractivity contribution is 5.95. The van der Waals surface area contributed by atoms with Crippen LogP contribution in [0.2, 0.25) is 0 Å². The van der Waals surface area contributed by atoms with Gasteiger partial charge in [-0.1, -0.05) is 12.1 Å². The summed E-state index contributed by atoms with van der Waals surface area (Å²) in [6, 6.07) is 12.7. The van der Waals surface area contributed by atoms with Gasteiger partial charge in [0.25, 0.3) is 5.69 Å². The van der Waals surface area contributed by atoms with Crippen molar-refractivity contribution >= 4 is 22.8 Å². The number of rotatable bonds is 4. The molecule has 6 heteroatoms. The molecule has 0 bridgehead atoms. The van der Waals surface area contributed by atoms with Crippen molar-refractivity contribution in [2.24, 2.45) is 0 Å². The van der Waals surface area contributed by atoms with E-state index >= 15 is 0 Å². The number of nitrogens with one attached hydrogen (secondary N) is 1. The number of nitriles is 1. The average molecular weight is 281 g/mol. The summed E-state index contributed by atoms with van der Waals surface area (Å²) >= 11 is 0. The number of carbonyl (C=O) groups excluding carboxylic acids is 1. The minimum atomic E-state index is -0.555. The van der Waals surface area contributed by atoms with Gasteiger partial charge in [0.2, 0.25) is 0 Å². The first kappa shape index (κ1) is 14.2. The molecule has 2 aromatic carbocycles. The second-order valence-electron chi connectivity index (χ2n) is 4.36. The Morgan fingerprint density at radius 1 is 1.29 bits per heavy atom. The number of benzene rings is 2. The number of nitrogens with zero attached hydrogens (tertiary/aromatic N) is 2. The van der Waals surface area contributed by atoms with E-state index in [1.54, 1.807) is 24.3 Å². The number of non-ortho nitro benzene ring substituents is 1. The molecule has 0 aliphatic heterocycles. The highest BCUT2D eigenvalue weighted by Gasteiger charge is 2.11. The molecule has 2 aromatic rings. The lowest BCUT2D eigenvalue weighted by Gasteiger charge is -2.09. The number of carbonyl (C=O) groups is 1. The summed E-state index contributed by atoms with van der Waals surface area (Å²) in [5.41, 5.74) is 1.64. The molecule has 0 radical (unpaired) electrons. The Morgan fingerprint density at radius 2 is 2.05 bits per heavy atom. The van der Waals surface area contributed by atoms with Gasteiger partial charge in [-0.3, -0.25) is 14.9 Å². The number of anilines is 2. The highest BCUT2D eigenvalue weighted by atomic mass is 16.6. The van der Waals surface area contributed by atoms with E-state index in [0.29, 0.717) is 16.9 Å². The van der Waals surface area contributed by atoms with Crippen LogP contribution < -0.4 is 5.32 Å². The monoisotopic (exact) mass is 281 g/mol. The lowest BCUT2D eigenvalue weighted by atomic mass is 10.1. The topological polar surface area (TPSA) is 96.0 Å². The summed E-state index contributed by atoms with van der Waals surface area (Å²) in [5.74, 6) is -0.0668. The Balaban J connectivity index is 2.36. The van der Waals surface area contributed by atoms with Crippen molar-refractivity contribution in [2.75, 3.05) is 5.32 Å². The van der Waals surface area contributed by atoms with E-state index in [9.17, 15) is 14.9 Å². The zero-order chi connectivity index (χ0) is 15.4. The number of Topliss-reactive ketones (excluding diaryl/α,β-unsaturated/α-hetero) is 1. The van der Waals surface area contributed by atoms with Crippen molar-refractivity contribution in [1.82, 2.24) is 0 Å². The van der Waals surface area contributed by atoms with E-state index in [2.05, 4.69) is 5.32 Å². The van der Waals surface area contributed by atoms with Crippen LogP contribution in [0.25, 0.3) is 0 Å². The van der Waals surface area contributed by atoms with Crippen molar-refractivity contribution in [3.05, 3.63) is 63.7 Å². The van der Waals surface area contributed by atoms with Crippen LogP contribution in [-0.2, 0) is 0 Å². The quantitative estimate of drug-likeness (QED) is 0.526. The molecule has 104 valence electrons. The molecule has 0 atom stereocenters. The molecule has 2 rings (SSSR count). The Morgan fingerprint density at radius 3 is 2.67 bits per heavy atom. The van der Waals surface area contributed by atoms with Gasteiger partial charge >= 0.3 is 0 Å².